The molecule has 1 nitrogen and oxygen atoms in total. The lowest BCUT2D eigenvalue weighted by Gasteiger charge is -2.14. The number of halogens is 3. The zero-order chi connectivity index (χ0) is 19.4. The van der Waals surface area contributed by atoms with Gasteiger partial charge in [-0.2, -0.15) is 8.78 Å². The summed E-state index contributed by atoms with van der Waals surface area (Å²) in [6.07, 6.45) is 3.31. The molecule has 0 aromatic heterocycles. The summed E-state index contributed by atoms with van der Waals surface area (Å²) in [5.74, 6) is -0.631. The van der Waals surface area contributed by atoms with Crippen molar-refractivity contribution < 1.29 is 17.9 Å². The summed E-state index contributed by atoms with van der Waals surface area (Å²) in [7, 11) is 0. The van der Waals surface area contributed by atoms with Gasteiger partial charge in [-0.05, 0) is 53.5 Å². The summed E-state index contributed by atoms with van der Waals surface area (Å²) in [5.41, 5.74) is 3.26. The Morgan fingerprint density at radius 3 is 2.37 bits per heavy atom. The van der Waals surface area contributed by atoms with Gasteiger partial charge in [-0.15, -0.1) is 6.58 Å². The van der Waals surface area contributed by atoms with Gasteiger partial charge in [0, 0.05) is 10.9 Å². The molecular weight excluding hydrogens is 349 g/mol. The van der Waals surface area contributed by atoms with Crippen LogP contribution in [0, 0.1) is 5.82 Å². The van der Waals surface area contributed by atoms with Gasteiger partial charge < -0.3 is 4.74 Å². The molecule has 0 aliphatic heterocycles. The molecule has 27 heavy (non-hydrogen) atoms. The van der Waals surface area contributed by atoms with Gasteiger partial charge in [-0.3, -0.25) is 0 Å². The first-order valence-corrected chi connectivity index (χ1v) is 8.93. The van der Waals surface area contributed by atoms with Crippen molar-refractivity contribution in [3.8, 4) is 16.9 Å². The smallest absolute Gasteiger partial charge is 0.387 e. The summed E-state index contributed by atoms with van der Waals surface area (Å²) < 4.78 is 45.2. The van der Waals surface area contributed by atoms with E-state index < -0.39 is 12.4 Å². The third-order valence-electron chi connectivity index (χ3n) is 4.65. The van der Waals surface area contributed by atoms with Gasteiger partial charge in [0.05, 0.1) is 0 Å². The quantitative estimate of drug-likeness (QED) is 0.410. The fourth-order valence-corrected chi connectivity index (χ4v) is 3.17. The van der Waals surface area contributed by atoms with Gasteiger partial charge in [0.15, 0.2) is 0 Å². The molecule has 0 saturated heterocycles. The van der Waals surface area contributed by atoms with Crippen LogP contribution < -0.4 is 4.74 Å². The van der Waals surface area contributed by atoms with Crippen LogP contribution in [0.3, 0.4) is 0 Å². The Bertz CT molecular complexity index is 946. The first kappa shape index (κ1) is 19.0. The minimum atomic E-state index is -3.01. The Balaban J connectivity index is 2.10. The van der Waals surface area contributed by atoms with E-state index in [0.29, 0.717) is 17.2 Å². The van der Waals surface area contributed by atoms with Crippen LogP contribution in [0.25, 0.3) is 21.9 Å². The Kier molecular flexibility index (Phi) is 5.84. The molecule has 0 spiro atoms. The van der Waals surface area contributed by atoms with E-state index in [2.05, 4.69) is 18.2 Å². The first-order valence-electron chi connectivity index (χ1n) is 8.93. The zero-order valence-corrected chi connectivity index (χ0v) is 15.1. The van der Waals surface area contributed by atoms with Crippen molar-refractivity contribution in [2.45, 2.75) is 32.8 Å². The van der Waals surface area contributed by atoms with Crippen molar-refractivity contribution in [3.05, 3.63) is 78.1 Å². The molecule has 3 rings (SSSR count). The minimum Gasteiger partial charge on any atom is -0.434 e. The van der Waals surface area contributed by atoms with E-state index in [1.54, 1.807) is 18.2 Å². The molecule has 0 aliphatic carbocycles. The molecule has 0 radical (unpaired) electrons. The van der Waals surface area contributed by atoms with Crippen LogP contribution >= 0.6 is 0 Å². The summed E-state index contributed by atoms with van der Waals surface area (Å²) in [5, 5.41) is 0.923. The molecule has 0 amide bonds. The topological polar surface area (TPSA) is 9.23 Å². The van der Waals surface area contributed by atoms with Crippen molar-refractivity contribution in [2.24, 2.45) is 0 Å². The van der Waals surface area contributed by atoms with Gasteiger partial charge in [0.2, 0.25) is 0 Å². The van der Waals surface area contributed by atoms with Crippen LogP contribution in [0.1, 0.15) is 24.5 Å². The second-order valence-corrected chi connectivity index (χ2v) is 6.36. The van der Waals surface area contributed by atoms with Gasteiger partial charge in [0.1, 0.15) is 11.6 Å². The van der Waals surface area contributed by atoms with E-state index in [1.807, 2.05) is 30.3 Å². The van der Waals surface area contributed by atoms with E-state index in [1.165, 1.54) is 11.6 Å². The van der Waals surface area contributed by atoms with E-state index in [9.17, 15) is 13.2 Å². The fraction of sp³-hybridized carbons (Fsp3) is 0.217. The molecule has 0 fully saturated rings. The maximum absolute atomic E-state index is 15.0. The van der Waals surface area contributed by atoms with Crippen LogP contribution in [-0.2, 0) is 12.8 Å². The molecule has 0 N–H and O–H groups in total. The minimum absolute atomic E-state index is 0.115. The lowest BCUT2D eigenvalue weighted by Crippen LogP contribution is -2.06. The Morgan fingerprint density at radius 2 is 1.74 bits per heavy atom. The van der Waals surface area contributed by atoms with Gasteiger partial charge in [0.25, 0.3) is 0 Å². The second-order valence-electron chi connectivity index (χ2n) is 6.36. The number of benzene rings is 3. The molecule has 0 aliphatic rings. The SMILES string of the molecule is C=CCCc1c(OC(F)F)cc2cc(-c3ccc(CC)cc3)ccc2c1F. The van der Waals surface area contributed by atoms with E-state index >= 15 is 0 Å². The predicted molar refractivity (Wildman–Crippen MR) is 104 cm³/mol. The standard InChI is InChI=1S/C23H21F3O/c1-3-5-6-20-21(27-23(25)26)14-18-13-17(11-12-19(18)22(20)24)16-9-7-15(4-2)8-10-16/h3,7-14,23H,1,4-6H2,2H3. The molecule has 0 unspecified atom stereocenters. The van der Waals surface area contributed by atoms with Crippen LogP contribution in [0.2, 0.25) is 0 Å². The molecule has 3 aromatic carbocycles. The third kappa shape index (κ3) is 4.16. The molecule has 3 aromatic rings. The van der Waals surface area contributed by atoms with E-state index in [-0.39, 0.29) is 17.7 Å². The first-order chi connectivity index (χ1) is 13.0. The molecule has 0 heterocycles. The maximum atomic E-state index is 15.0. The van der Waals surface area contributed by atoms with Crippen molar-refractivity contribution in [2.75, 3.05) is 0 Å². The van der Waals surface area contributed by atoms with E-state index in [4.69, 9.17) is 0 Å². The number of fused-ring (bicyclic) bond motifs is 1. The zero-order valence-electron chi connectivity index (χ0n) is 15.1. The van der Waals surface area contributed by atoms with Crippen molar-refractivity contribution in [3.63, 3.8) is 0 Å². The molecule has 140 valence electrons. The van der Waals surface area contributed by atoms with Crippen molar-refractivity contribution in [1.29, 1.82) is 0 Å². The monoisotopic (exact) mass is 370 g/mol. The highest BCUT2D eigenvalue weighted by atomic mass is 19.3. The lowest BCUT2D eigenvalue weighted by molar-refractivity contribution is -0.0505. The summed E-state index contributed by atoms with van der Waals surface area (Å²) >= 11 is 0. The van der Waals surface area contributed by atoms with Gasteiger partial charge in [-0.25, -0.2) is 4.39 Å². The molecule has 0 saturated carbocycles. The number of alkyl halides is 2. The predicted octanol–water partition coefficient (Wildman–Crippen LogP) is 6.93. The average molecular weight is 370 g/mol. The number of allylic oxidation sites excluding steroid dienone is 1. The van der Waals surface area contributed by atoms with E-state index in [0.717, 1.165) is 17.5 Å². The number of aryl methyl sites for hydroxylation is 1. The number of ether oxygens (including phenoxy) is 1. The summed E-state index contributed by atoms with van der Waals surface area (Å²) in [6.45, 7) is 2.68. The molecule has 4 heteroatoms. The van der Waals surface area contributed by atoms with Crippen LogP contribution in [0.15, 0.2) is 61.2 Å². The molecular formula is C23H21F3O. The number of hydrogen-bond acceptors (Lipinski definition) is 1. The van der Waals surface area contributed by atoms with Gasteiger partial charge in [-0.1, -0.05) is 49.4 Å². The van der Waals surface area contributed by atoms with Crippen LogP contribution in [0.4, 0.5) is 13.2 Å². The maximum Gasteiger partial charge on any atom is 0.387 e. The van der Waals surface area contributed by atoms with Gasteiger partial charge >= 0.3 is 6.61 Å². The van der Waals surface area contributed by atoms with Crippen LogP contribution in [0.5, 0.6) is 5.75 Å². The van der Waals surface area contributed by atoms with Crippen molar-refractivity contribution in [1.82, 2.24) is 0 Å². The molecule has 0 bridgehead atoms. The second kappa shape index (κ2) is 8.30. The fourth-order valence-electron chi connectivity index (χ4n) is 3.17. The highest BCUT2D eigenvalue weighted by Crippen LogP contribution is 2.34. The lowest BCUT2D eigenvalue weighted by atomic mass is 9.96. The normalized spacial score (nSPS) is 11.1. The number of hydrogen-bond donors (Lipinski definition) is 0. The third-order valence-corrected chi connectivity index (χ3v) is 4.65. The Hall–Kier alpha value is -2.75. The molecule has 0 atom stereocenters. The van der Waals surface area contributed by atoms with Crippen molar-refractivity contribution >= 4 is 10.8 Å². The summed E-state index contributed by atoms with van der Waals surface area (Å²) in [4.78, 5) is 0. The summed E-state index contributed by atoms with van der Waals surface area (Å²) in [6, 6.07) is 14.9. The van der Waals surface area contributed by atoms with Crippen LogP contribution in [-0.4, -0.2) is 6.61 Å². The highest BCUT2D eigenvalue weighted by molar-refractivity contribution is 5.90. The average Bonchev–Trinajstić information content (AvgIpc) is 2.67. The number of rotatable bonds is 7. The Morgan fingerprint density at radius 1 is 1.04 bits per heavy atom. The largest absolute Gasteiger partial charge is 0.434 e. The Labute approximate surface area is 157 Å². The highest BCUT2D eigenvalue weighted by Gasteiger charge is 2.17.